The molecule has 106 valence electrons. The fraction of sp³-hybridized carbons (Fsp3) is 0. The van der Waals surface area contributed by atoms with Crippen molar-refractivity contribution >= 4 is 23.1 Å². The van der Waals surface area contributed by atoms with Crippen molar-refractivity contribution in [1.82, 2.24) is 4.98 Å². The Morgan fingerprint density at radius 1 is 0.909 bits per heavy atom. The maximum absolute atomic E-state index is 12.8. The summed E-state index contributed by atoms with van der Waals surface area (Å²) in [6, 6.07) is 15.5. The van der Waals surface area contributed by atoms with Crippen LogP contribution >= 0.6 is 0 Å². The molecule has 0 saturated heterocycles. The van der Waals surface area contributed by atoms with Gasteiger partial charge >= 0.3 is 0 Å². The van der Waals surface area contributed by atoms with Gasteiger partial charge in [0.25, 0.3) is 0 Å². The highest BCUT2D eigenvalue weighted by Crippen LogP contribution is 2.21. The van der Waals surface area contributed by atoms with Gasteiger partial charge in [0.1, 0.15) is 0 Å². The molecule has 0 atom stereocenters. The lowest BCUT2D eigenvalue weighted by Gasteiger charge is -2.01. The van der Waals surface area contributed by atoms with E-state index in [1.165, 1.54) is 0 Å². The number of aromatic nitrogens is 1. The highest BCUT2D eigenvalue weighted by molar-refractivity contribution is 5.85. The predicted molar refractivity (Wildman–Crippen MR) is 93.6 cm³/mol. The van der Waals surface area contributed by atoms with Gasteiger partial charge in [-0.25, -0.2) is 0 Å². The molecule has 0 radical (unpaired) electrons. The Hall–Kier alpha value is -3.00. The van der Waals surface area contributed by atoms with Crippen LogP contribution in [0.5, 0.6) is 0 Å². The van der Waals surface area contributed by atoms with Gasteiger partial charge < -0.3 is 0 Å². The van der Waals surface area contributed by atoms with E-state index in [0.29, 0.717) is 16.5 Å². The first-order valence-electron chi connectivity index (χ1n) is 7.02. The molecule has 0 unspecified atom stereocenters. The van der Waals surface area contributed by atoms with Gasteiger partial charge in [-0.1, -0.05) is 61.7 Å². The van der Waals surface area contributed by atoms with E-state index in [2.05, 4.69) is 18.1 Å². The molecular weight excluding hydrogens is 270 g/mol. The zero-order valence-electron chi connectivity index (χ0n) is 12.1. The van der Waals surface area contributed by atoms with Crippen LogP contribution < -0.4 is 5.43 Å². The fourth-order valence-corrected chi connectivity index (χ4v) is 2.50. The van der Waals surface area contributed by atoms with Crippen molar-refractivity contribution in [2.45, 2.75) is 0 Å². The van der Waals surface area contributed by atoms with Crippen molar-refractivity contribution in [3.05, 3.63) is 89.2 Å². The quantitative estimate of drug-likeness (QED) is 0.706. The van der Waals surface area contributed by atoms with Crippen molar-refractivity contribution in [2.75, 3.05) is 0 Å². The Morgan fingerprint density at radius 2 is 1.68 bits per heavy atom. The summed E-state index contributed by atoms with van der Waals surface area (Å²) in [7, 11) is 0. The number of pyridine rings is 1. The zero-order chi connectivity index (χ0) is 15.5. The number of hydrogen-bond donors (Lipinski definition) is 0. The molecule has 0 saturated carbocycles. The molecule has 0 amide bonds. The summed E-state index contributed by atoms with van der Waals surface area (Å²) in [4.78, 5) is 17.2. The minimum Gasteiger partial charge on any atom is -0.289 e. The first-order valence-corrected chi connectivity index (χ1v) is 7.02. The van der Waals surface area contributed by atoms with Crippen LogP contribution in [0.25, 0.3) is 34.2 Å². The van der Waals surface area contributed by atoms with E-state index >= 15 is 0 Å². The van der Waals surface area contributed by atoms with Gasteiger partial charge in [0.05, 0.1) is 5.52 Å². The average molecular weight is 285 g/mol. The van der Waals surface area contributed by atoms with Crippen LogP contribution in [0.15, 0.2) is 72.7 Å². The highest BCUT2D eigenvalue weighted by Gasteiger charge is 2.07. The minimum atomic E-state index is -0.0739. The first-order chi connectivity index (χ1) is 10.7. The summed E-state index contributed by atoms with van der Waals surface area (Å²) in [5.41, 5.74) is 3.87. The zero-order valence-corrected chi connectivity index (χ0v) is 12.1. The SMILES string of the molecule is C=Cc1ccc2ncc(-c3ccccc3)cc2c(=O)c1C=C. The van der Waals surface area contributed by atoms with Gasteiger partial charge in [-0.05, 0) is 23.3 Å². The summed E-state index contributed by atoms with van der Waals surface area (Å²) in [5.74, 6) is 0. The maximum Gasteiger partial charge on any atom is 0.195 e. The average Bonchev–Trinajstić information content (AvgIpc) is 2.71. The summed E-state index contributed by atoms with van der Waals surface area (Å²) >= 11 is 0. The van der Waals surface area contributed by atoms with Gasteiger partial charge in [-0.2, -0.15) is 0 Å². The Bertz CT molecular complexity index is 927. The lowest BCUT2D eigenvalue weighted by Crippen LogP contribution is -2.04. The van der Waals surface area contributed by atoms with E-state index in [9.17, 15) is 4.79 Å². The second-order valence-corrected chi connectivity index (χ2v) is 4.96. The van der Waals surface area contributed by atoms with Gasteiger partial charge in [0.15, 0.2) is 5.43 Å². The molecule has 0 spiro atoms. The first kappa shape index (κ1) is 14.0. The Labute approximate surface area is 129 Å². The van der Waals surface area contributed by atoms with Gasteiger partial charge in [-0.15, -0.1) is 0 Å². The summed E-state index contributed by atoms with van der Waals surface area (Å²) in [6.45, 7) is 7.50. The third-order valence-electron chi connectivity index (χ3n) is 3.67. The van der Waals surface area contributed by atoms with Crippen molar-refractivity contribution in [3.63, 3.8) is 0 Å². The lowest BCUT2D eigenvalue weighted by atomic mass is 10.1. The van der Waals surface area contributed by atoms with Crippen LogP contribution in [0.2, 0.25) is 0 Å². The Kier molecular flexibility index (Phi) is 3.67. The molecule has 1 heterocycles. The standard InChI is InChI=1S/C20H15NO/c1-3-14-10-11-19-18(20(22)17(14)4-2)12-16(13-21-19)15-8-6-5-7-9-15/h3-13H,1-2H2. The third kappa shape index (κ3) is 2.35. The second-order valence-electron chi connectivity index (χ2n) is 4.96. The van der Waals surface area contributed by atoms with Crippen LogP contribution in [-0.2, 0) is 0 Å². The van der Waals surface area contributed by atoms with Crippen molar-refractivity contribution in [1.29, 1.82) is 0 Å². The number of hydrogen-bond acceptors (Lipinski definition) is 2. The smallest absolute Gasteiger partial charge is 0.195 e. The molecule has 0 aliphatic heterocycles. The summed E-state index contributed by atoms with van der Waals surface area (Å²) < 4.78 is 0. The topological polar surface area (TPSA) is 30.0 Å². The molecule has 2 aromatic carbocycles. The lowest BCUT2D eigenvalue weighted by molar-refractivity contribution is 1.41. The molecular formula is C20H15NO. The maximum atomic E-state index is 12.8. The van der Waals surface area contributed by atoms with E-state index in [4.69, 9.17) is 0 Å². The van der Waals surface area contributed by atoms with Crippen LogP contribution in [0.4, 0.5) is 0 Å². The molecule has 0 aliphatic carbocycles. The predicted octanol–water partition coefficient (Wildman–Crippen LogP) is 4.55. The molecule has 0 aliphatic rings. The summed E-state index contributed by atoms with van der Waals surface area (Å²) in [6.07, 6.45) is 5.03. The number of nitrogens with zero attached hydrogens (tertiary/aromatic N) is 1. The van der Waals surface area contributed by atoms with Gasteiger partial charge in [0, 0.05) is 22.7 Å². The number of benzene rings is 1. The van der Waals surface area contributed by atoms with Crippen LogP contribution in [0.3, 0.4) is 0 Å². The Morgan fingerprint density at radius 3 is 2.36 bits per heavy atom. The fourth-order valence-electron chi connectivity index (χ4n) is 2.50. The van der Waals surface area contributed by atoms with E-state index in [1.807, 2.05) is 48.5 Å². The number of fused-ring (bicyclic) bond motifs is 1. The number of rotatable bonds is 3. The third-order valence-corrected chi connectivity index (χ3v) is 3.67. The van der Waals surface area contributed by atoms with Gasteiger partial charge in [-0.3, -0.25) is 9.78 Å². The largest absolute Gasteiger partial charge is 0.289 e. The van der Waals surface area contributed by atoms with E-state index < -0.39 is 0 Å². The van der Waals surface area contributed by atoms with Crippen LogP contribution in [-0.4, -0.2) is 4.98 Å². The van der Waals surface area contributed by atoms with Crippen LogP contribution in [0, 0.1) is 0 Å². The molecule has 2 nitrogen and oxygen atoms in total. The molecule has 1 aromatic heterocycles. The van der Waals surface area contributed by atoms with Gasteiger partial charge in [0.2, 0.25) is 0 Å². The molecule has 3 aromatic rings. The van der Waals surface area contributed by atoms with E-state index in [1.54, 1.807) is 18.3 Å². The monoisotopic (exact) mass is 285 g/mol. The minimum absolute atomic E-state index is 0.0739. The molecule has 22 heavy (non-hydrogen) atoms. The van der Waals surface area contributed by atoms with Crippen molar-refractivity contribution < 1.29 is 0 Å². The van der Waals surface area contributed by atoms with E-state index in [0.717, 1.165) is 16.7 Å². The second kappa shape index (κ2) is 5.78. The molecule has 2 heteroatoms. The molecule has 0 fully saturated rings. The van der Waals surface area contributed by atoms with Crippen LogP contribution in [0.1, 0.15) is 11.1 Å². The molecule has 0 N–H and O–H groups in total. The molecule has 0 bridgehead atoms. The highest BCUT2D eigenvalue weighted by atomic mass is 16.1. The van der Waals surface area contributed by atoms with E-state index in [-0.39, 0.29) is 5.43 Å². The molecule has 3 rings (SSSR count). The van der Waals surface area contributed by atoms with Crippen molar-refractivity contribution in [2.24, 2.45) is 0 Å². The Balaban J connectivity index is 2.37. The normalized spacial score (nSPS) is 10.4. The summed E-state index contributed by atoms with van der Waals surface area (Å²) in [5, 5.41) is 0.587. The van der Waals surface area contributed by atoms with Crippen molar-refractivity contribution in [3.8, 4) is 11.1 Å².